The van der Waals surface area contributed by atoms with Gasteiger partial charge < -0.3 is 20.3 Å². The number of urea groups is 1. The molecule has 0 spiro atoms. The second kappa shape index (κ2) is 10.1. The van der Waals surface area contributed by atoms with Gasteiger partial charge >= 0.3 is 6.03 Å². The van der Waals surface area contributed by atoms with Gasteiger partial charge in [-0.2, -0.15) is 0 Å². The first-order chi connectivity index (χ1) is 17.1. The molecule has 0 aromatic heterocycles. The third-order valence-electron chi connectivity index (χ3n) is 6.40. The number of ether oxygens (including phenoxy) is 1. The average molecular weight is 497 g/mol. The van der Waals surface area contributed by atoms with Crippen LogP contribution in [-0.4, -0.2) is 65.4 Å². The Bertz CT molecular complexity index is 1160. The summed E-state index contributed by atoms with van der Waals surface area (Å²) in [5.41, 5.74) is 0.340. The highest BCUT2D eigenvalue weighted by Crippen LogP contribution is 2.28. The number of carbonyl (C=O) groups excluding carboxylic acids is 4. The molecular weight excluding hydrogens is 467 g/mol. The van der Waals surface area contributed by atoms with Gasteiger partial charge in [0.05, 0.1) is 12.2 Å². The zero-order valence-electron chi connectivity index (χ0n) is 20.4. The highest BCUT2D eigenvalue weighted by atomic mass is 19.1. The number of benzene rings is 2. The molecule has 2 N–H and O–H groups in total. The molecule has 2 aliphatic heterocycles. The van der Waals surface area contributed by atoms with Crippen LogP contribution in [0.3, 0.4) is 0 Å². The van der Waals surface area contributed by atoms with Crippen LogP contribution in [0.25, 0.3) is 0 Å². The van der Waals surface area contributed by atoms with Gasteiger partial charge in [-0.15, -0.1) is 0 Å². The van der Waals surface area contributed by atoms with E-state index in [4.69, 9.17) is 4.74 Å². The highest BCUT2D eigenvalue weighted by Gasteiger charge is 2.49. The smallest absolute Gasteiger partial charge is 0.325 e. The first kappa shape index (κ1) is 25.3. The van der Waals surface area contributed by atoms with Crippen molar-refractivity contribution in [3.63, 3.8) is 0 Å². The Labute approximate surface area is 208 Å². The Kier molecular flexibility index (Phi) is 7.07. The lowest BCUT2D eigenvalue weighted by atomic mass is 9.92. The molecule has 0 saturated carbocycles. The molecule has 0 bridgehead atoms. The Morgan fingerprint density at radius 3 is 2.28 bits per heavy atom. The van der Waals surface area contributed by atoms with E-state index in [0.29, 0.717) is 24.2 Å². The van der Waals surface area contributed by atoms with Gasteiger partial charge in [0, 0.05) is 25.2 Å². The fraction of sp³-hybridized carbons (Fsp3) is 0.385. The van der Waals surface area contributed by atoms with Gasteiger partial charge in [-0.05, 0) is 56.2 Å². The third kappa shape index (κ3) is 5.23. The van der Waals surface area contributed by atoms with Crippen LogP contribution in [0.2, 0.25) is 0 Å². The third-order valence-corrected chi connectivity index (χ3v) is 6.40. The SMILES string of the molecule is CC1CN(C(=O)c2ccc(CNC(=O)CN3C(=O)NC(C)(c4ccc(F)cc4)C3=O)cc2)CC(C)O1. The fourth-order valence-electron chi connectivity index (χ4n) is 4.51. The molecule has 0 radical (unpaired) electrons. The minimum Gasteiger partial charge on any atom is -0.372 e. The van der Waals surface area contributed by atoms with Crippen LogP contribution in [0.4, 0.5) is 9.18 Å². The van der Waals surface area contributed by atoms with Crippen LogP contribution in [-0.2, 0) is 26.4 Å². The summed E-state index contributed by atoms with van der Waals surface area (Å²) in [7, 11) is 0. The molecule has 9 nitrogen and oxygen atoms in total. The average Bonchev–Trinajstić information content (AvgIpc) is 3.06. The van der Waals surface area contributed by atoms with E-state index in [-0.39, 0.29) is 24.7 Å². The number of halogens is 1. The normalized spacial score (nSPS) is 24.0. The van der Waals surface area contributed by atoms with Crippen molar-refractivity contribution in [2.24, 2.45) is 0 Å². The van der Waals surface area contributed by atoms with Crippen molar-refractivity contribution in [3.8, 4) is 0 Å². The zero-order valence-corrected chi connectivity index (χ0v) is 20.4. The second-order valence-electron chi connectivity index (χ2n) is 9.39. The van der Waals surface area contributed by atoms with E-state index >= 15 is 0 Å². The number of morpholine rings is 1. The van der Waals surface area contributed by atoms with Crippen LogP contribution < -0.4 is 10.6 Å². The van der Waals surface area contributed by atoms with E-state index in [1.54, 1.807) is 29.2 Å². The van der Waals surface area contributed by atoms with E-state index in [1.807, 2.05) is 13.8 Å². The molecule has 10 heteroatoms. The molecule has 4 rings (SSSR count). The maximum absolute atomic E-state index is 13.3. The summed E-state index contributed by atoms with van der Waals surface area (Å²) in [4.78, 5) is 53.3. The number of hydrogen-bond acceptors (Lipinski definition) is 5. The van der Waals surface area contributed by atoms with Crippen molar-refractivity contribution in [2.75, 3.05) is 19.6 Å². The summed E-state index contributed by atoms with van der Waals surface area (Å²) in [6, 6.07) is 11.5. The summed E-state index contributed by atoms with van der Waals surface area (Å²) in [5.74, 6) is -1.64. The summed E-state index contributed by atoms with van der Waals surface area (Å²) >= 11 is 0. The van der Waals surface area contributed by atoms with Crippen LogP contribution in [0.1, 0.15) is 42.3 Å². The number of nitrogens with zero attached hydrogens (tertiary/aromatic N) is 2. The van der Waals surface area contributed by atoms with Gasteiger partial charge in [-0.1, -0.05) is 24.3 Å². The summed E-state index contributed by atoms with van der Waals surface area (Å²) < 4.78 is 18.9. The summed E-state index contributed by atoms with van der Waals surface area (Å²) in [5, 5.41) is 5.28. The Balaban J connectivity index is 1.32. The number of rotatable bonds is 6. The van der Waals surface area contributed by atoms with Crippen LogP contribution in [0.15, 0.2) is 48.5 Å². The van der Waals surface area contributed by atoms with Gasteiger partial charge in [0.1, 0.15) is 17.9 Å². The molecular formula is C26H29FN4O5. The van der Waals surface area contributed by atoms with E-state index in [2.05, 4.69) is 10.6 Å². The molecule has 2 aliphatic rings. The first-order valence-corrected chi connectivity index (χ1v) is 11.8. The number of nitrogens with one attached hydrogen (secondary N) is 2. The summed E-state index contributed by atoms with van der Waals surface area (Å²) in [6.07, 6.45) is -0.0457. The number of imide groups is 1. The molecule has 3 atom stereocenters. The molecule has 5 amide bonds. The van der Waals surface area contributed by atoms with Crippen molar-refractivity contribution in [1.29, 1.82) is 0 Å². The lowest BCUT2D eigenvalue weighted by Crippen LogP contribution is -2.48. The predicted molar refractivity (Wildman–Crippen MR) is 128 cm³/mol. The lowest BCUT2D eigenvalue weighted by molar-refractivity contribution is -0.134. The zero-order chi connectivity index (χ0) is 26.0. The second-order valence-corrected chi connectivity index (χ2v) is 9.39. The van der Waals surface area contributed by atoms with Gasteiger partial charge in [0.25, 0.3) is 11.8 Å². The van der Waals surface area contributed by atoms with Gasteiger partial charge in [0.15, 0.2) is 0 Å². The molecule has 2 aromatic rings. The van der Waals surface area contributed by atoms with Crippen molar-refractivity contribution in [2.45, 2.75) is 45.1 Å². The Morgan fingerprint density at radius 1 is 1.06 bits per heavy atom. The number of amides is 5. The molecule has 3 unspecified atom stereocenters. The van der Waals surface area contributed by atoms with Crippen molar-refractivity contribution >= 4 is 23.8 Å². The first-order valence-electron chi connectivity index (χ1n) is 11.8. The molecule has 190 valence electrons. The predicted octanol–water partition coefficient (Wildman–Crippen LogP) is 2.16. The van der Waals surface area contributed by atoms with Crippen LogP contribution in [0, 0.1) is 5.82 Å². The highest BCUT2D eigenvalue weighted by molar-refractivity contribution is 6.09. The molecule has 2 aromatic carbocycles. The van der Waals surface area contributed by atoms with E-state index in [0.717, 1.165) is 10.5 Å². The Morgan fingerprint density at radius 2 is 1.67 bits per heavy atom. The van der Waals surface area contributed by atoms with Gasteiger partial charge in [-0.3, -0.25) is 19.3 Å². The van der Waals surface area contributed by atoms with E-state index < -0.39 is 35.7 Å². The van der Waals surface area contributed by atoms with Crippen molar-refractivity contribution < 1.29 is 28.3 Å². The lowest BCUT2D eigenvalue weighted by Gasteiger charge is -2.35. The standard InChI is InChI=1S/C26H29FN4O5/c1-16-13-30(14-17(2)36-16)23(33)19-6-4-18(5-7-19)12-28-22(32)15-31-24(34)26(3,29-25(31)35)20-8-10-21(27)11-9-20/h4-11,16-17H,12-15H2,1-3H3,(H,28,32)(H,29,35). The van der Waals surface area contributed by atoms with Crippen molar-refractivity contribution in [1.82, 2.24) is 20.4 Å². The molecule has 0 aliphatic carbocycles. The fourth-order valence-corrected chi connectivity index (χ4v) is 4.51. The molecule has 2 heterocycles. The quantitative estimate of drug-likeness (QED) is 0.596. The monoisotopic (exact) mass is 496 g/mol. The maximum atomic E-state index is 13.3. The topological polar surface area (TPSA) is 108 Å². The Hall–Kier alpha value is -3.79. The number of carbonyl (C=O) groups is 4. The van der Waals surface area contributed by atoms with Crippen LogP contribution in [0.5, 0.6) is 0 Å². The van der Waals surface area contributed by atoms with E-state index in [1.165, 1.54) is 31.2 Å². The minimum atomic E-state index is -1.39. The molecule has 2 saturated heterocycles. The largest absolute Gasteiger partial charge is 0.372 e. The number of hydrogen-bond donors (Lipinski definition) is 2. The minimum absolute atomic E-state index is 0.0229. The van der Waals surface area contributed by atoms with Gasteiger partial charge in [-0.25, -0.2) is 9.18 Å². The molecule has 36 heavy (non-hydrogen) atoms. The van der Waals surface area contributed by atoms with Crippen LogP contribution >= 0.6 is 0 Å². The summed E-state index contributed by atoms with van der Waals surface area (Å²) in [6.45, 7) is 6.16. The van der Waals surface area contributed by atoms with E-state index in [9.17, 15) is 23.6 Å². The molecule has 2 fully saturated rings. The maximum Gasteiger partial charge on any atom is 0.325 e. The van der Waals surface area contributed by atoms with Gasteiger partial charge in [0.2, 0.25) is 5.91 Å². The van der Waals surface area contributed by atoms with Crippen molar-refractivity contribution in [3.05, 3.63) is 71.0 Å².